The molecule has 0 spiro atoms. The monoisotopic (exact) mass is 409 g/mol. The summed E-state index contributed by atoms with van der Waals surface area (Å²) in [6.45, 7) is 11.3. The van der Waals surface area contributed by atoms with Crippen LogP contribution in [0, 0.1) is 5.92 Å². The lowest BCUT2D eigenvalue weighted by Crippen LogP contribution is -2.43. The molecule has 28 heavy (non-hydrogen) atoms. The van der Waals surface area contributed by atoms with Crippen LogP contribution in [0.25, 0.3) is 0 Å². The topological polar surface area (TPSA) is 61.8 Å². The van der Waals surface area contributed by atoms with Gasteiger partial charge >= 0.3 is 0 Å². The van der Waals surface area contributed by atoms with Gasteiger partial charge in [-0.05, 0) is 51.1 Å². The summed E-state index contributed by atoms with van der Waals surface area (Å²) in [5.74, 6) is 1.62. The first kappa shape index (κ1) is 23.1. The molecule has 0 amide bonds. The minimum atomic E-state index is 0.716. The van der Waals surface area contributed by atoms with Crippen molar-refractivity contribution in [1.29, 1.82) is 0 Å². The van der Waals surface area contributed by atoms with Crippen molar-refractivity contribution in [2.45, 2.75) is 58.9 Å². The van der Waals surface area contributed by atoms with Crippen LogP contribution in [0.5, 0.6) is 0 Å². The van der Waals surface area contributed by atoms with Crippen LogP contribution in [0.4, 0.5) is 0 Å². The van der Waals surface area contributed by atoms with Gasteiger partial charge in [-0.15, -0.1) is 11.3 Å². The molecule has 2 N–H and O–H groups in total. The molecule has 0 saturated carbocycles. The van der Waals surface area contributed by atoms with E-state index in [9.17, 15) is 0 Å². The molecule has 0 atom stereocenters. The van der Waals surface area contributed by atoms with E-state index in [0.717, 1.165) is 71.2 Å². The third kappa shape index (κ3) is 8.88. The van der Waals surface area contributed by atoms with Crippen molar-refractivity contribution in [3.8, 4) is 0 Å². The molecule has 1 aromatic heterocycles. The number of aromatic nitrogens is 1. The van der Waals surface area contributed by atoms with Gasteiger partial charge in [0, 0.05) is 45.3 Å². The fourth-order valence-corrected chi connectivity index (χ4v) is 4.09. The Hall–Kier alpha value is -1.18. The van der Waals surface area contributed by atoms with Crippen molar-refractivity contribution in [3.63, 3.8) is 0 Å². The second-order valence-electron chi connectivity index (χ2n) is 7.51. The molecule has 0 radical (unpaired) electrons. The Labute approximate surface area is 175 Å². The summed E-state index contributed by atoms with van der Waals surface area (Å²) >= 11 is 1.79. The van der Waals surface area contributed by atoms with Crippen LogP contribution < -0.4 is 10.6 Å². The van der Waals surface area contributed by atoms with E-state index in [2.05, 4.69) is 39.8 Å². The Balaban J connectivity index is 1.55. The fraction of sp³-hybridized carbons (Fsp3) is 0.810. The zero-order valence-corrected chi connectivity index (χ0v) is 18.8. The molecule has 0 bridgehead atoms. The largest absolute Gasteiger partial charge is 0.381 e. The molecule has 1 aliphatic rings. The molecule has 160 valence electrons. The molecule has 1 aromatic rings. The molecule has 7 heteroatoms. The Morgan fingerprint density at radius 2 is 2.04 bits per heavy atom. The van der Waals surface area contributed by atoms with Crippen molar-refractivity contribution < 1.29 is 4.74 Å². The summed E-state index contributed by atoms with van der Waals surface area (Å²) in [5.41, 5.74) is 1.24. The second kappa shape index (κ2) is 13.9. The number of likely N-dealkylation sites (tertiary alicyclic amines) is 1. The number of unbranched alkanes of at least 4 members (excludes halogenated alkanes) is 1. The number of piperidine rings is 1. The maximum atomic E-state index is 5.60. The number of hydrogen-bond donors (Lipinski definition) is 2. The second-order valence-corrected chi connectivity index (χ2v) is 8.45. The minimum absolute atomic E-state index is 0.716. The van der Waals surface area contributed by atoms with E-state index < -0.39 is 0 Å². The zero-order chi connectivity index (χ0) is 20.0. The number of thiazole rings is 1. The predicted molar refractivity (Wildman–Crippen MR) is 119 cm³/mol. The Morgan fingerprint density at radius 1 is 1.25 bits per heavy atom. The molecule has 2 rings (SSSR count). The van der Waals surface area contributed by atoms with E-state index >= 15 is 0 Å². The molecule has 0 aromatic carbocycles. The van der Waals surface area contributed by atoms with E-state index in [1.807, 2.05) is 7.05 Å². The smallest absolute Gasteiger partial charge is 0.190 e. The Kier molecular flexibility index (Phi) is 11.5. The van der Waals surface area contributed by atoms with Gasteiger partial charge < -0.3 is 15.4 Å². The average molecular weight is 410 g/mol. The zero-order valence-electron chi connectivity index (χ0n) is 18.0. The van der Waals surface area contributed by atoms with Gasteiger partial charge in [0.2, 0.25) is 0 Å². The van der Waals surface area contributed by atoms with Gasteiger partial charge in [-0.25, -0.2) is 4.98 Å². The molecule has 0 aliphatic carbocycles. The molecule has 1 fully saturated rings. The SMILES string of the molecule is CCCCOCCCNC(=NC)NCC1CCN(Cc2csc(CC)n2)CC1. The quantitative estimate of drug-likeness (QED) is 0.315. The molecular weight excluding hydrogens is 370 g/mol. The van der Waals surface area contributed by atoms with Gasteiger partial charge in [0.25, 0.3) is 0 Å². The van der Waals surface area contributed by atoms with Crippen LogP contribution >= 0.6 is 11.3 Å². The van der Waals surface area contributed by atoms with E-state index in [1.165, 1.54) is 30.0 Å². The normalized spacial score (nSPS) is 16.5. The van der Waals surface area contributed by atoms with Crippen molar-refractivity contribution in [2.75, 3.05) is 46.4 Å². The number of rotatable bonds is 12. The van der Waals surface area contributed by atoms with Crippen LogP contribution in [0.2, 0.25) is 0 Å². The van der Waals surface area contributed by atoms with Crippen molar-refractivity contribution >= 4 is 17.3 Å². The highest BCUT2D eigenvalue weighted by Crippen LogP contribution is 2.19. The van der Waals surface area contributed by atoms with E-state index in [1.54, 1.807) is 11.3 Å². The van der Waals surface area contributed by atoms with Crippen molar-refractivity contribution in [3.05, 3.63) is 16.1 Å². The highest BCUT2D eigenvalue weighted by atomic mass is 32.1. The van der Waals surface area contributed by atoms with Gasteiger partial charge in [0.05, 0.1) is 10.7 Å². The number of aryl methyl sites for hydroxylation is 1. The van der Waals surface area contributed by atoms with Gasteiger partial charge in [0.15, 0.2) is 5.96 Å². The summed E-state index contributed by atoms with van der Waals surface area (Å²) in [7, 11) is 1.84. The number of hydrogen-bond acceptors (Lipinski definition) is 5. The molecular formula is C21H39N5OS. The number of guanidine groups is 1. The molecule has 6 nitrogen and oxygen atoms in total. The van der Waals surface area contributed by atoms with E-state index in [0.29, 0.717) is 5.92 Å². The number of nitrogens with zero attached hydrogens (tertiary/aromatic N) is 3. The summed E-state index contributed by atoms with van der Waals surface area (Å²) in [6, 6.07) is 0. The first-order chi connectivity index (χ1) is 13.7. The van der Waals surface area contributed by atoms with E-state index in [-0.39, 0.29) is 0 Å². The van der Waals surface area contributed by atoms with Crippen LogP contribution in [0.1, 0.15) is 56.7 Å². The lowest BCUT2D eigenvalue weighted by molar-refractivity contribution is 0.129. The third-order valence-corrected chi connectivity index (χ3v) is 6.22. The van der Waals surface area contributed by atoms with Crippen molar-refractivity contribution in [2.24, 2.45) is 10.9 Å². The lowest BCUT2D eigenvalue weighted by atomic mass is 9.97. The van der Waals surface area contributed by atoms with Crippen LogP contribution in [0.3, 0.4) is 0 Å². The summed E-state index contributed by atoms with van der Waals surface area (Å²) in [4.78, 5) is 11.6. The van der Waals surface area contributed by atoms with Gasteiger partial charge in [0.1, 0.15) is 0 Å². The van der Waals surface area contributed by atoms with Gasteiger partial charge in [-0.1, -0.05) is 20.3 Å². The third-order valence-electron chi connectivity index (χ3n) is 5.18. The minimum Gasteiger partial charge on any atom is -0.381 e. The molecule has 0 unspecified atom stereocenters. The molecule has 1 aliphatic heterocycles. The Morgan fingerprint density at radius 3 is 2.71 bits per heavy atom. The summed E-state index contributed by atoms with van der Waals surface area (Å²) in [6.07, 6.45) is 6.87. The maximum absolute atomic E-state index is 5.60. The number of aliphatic imine (C=N–C) groups is 1. The van der Waals surface area contributed by atoms with Crippen LogP contribution in [-0.2, 0) is 17.7 Å². The Bertz CT molecular complexity index is 555. The first-order valence-electron chi connectivity index (χ1n) is 10.9. The fourth-order valence-electron chi connectivity index (χ4n) is 3.35. The van der Waals surface area contributed by atoms with Gasteiger partial charge in [-0.2, -0.15) is 0 Å². The number of ether oxygens (including phenoxy) is 1. The van der Waals surface area contributed by atoms with Crippen LogP contribution in [0.15, 0.2) is 10.4 Å². The first-order valence-corrected chi connectivity index (χ1v) is 11.8. The molecule has 2 heterocycles. The standard InChI is InChI=1S/C21H39N5OS/c1-4-6-13-27-14-7-10-23-21(22-3)24-15-18-8-11-26(12-9-18)16-19-17-28-20(5-2)25-19/h17-18H,4-16H2,1-3H3,(H2,22,23,24). The average Bonchev–Trinajstić information content (AvgIpc) is 3.18. The van der Waals surface area contributed by atoms with Crippen LogP contribution in [-0.4, -0.2) is 62.3 Å². The summed E-state index contributed by atoms with van der Waals surface area (Å²) in [5, 5.41) is 10.4. The van der Waals surface area contributed by atoms with E-state index in [4.69, 9.17) is 9.72 Å². The summed E-state index contributed by atoms with van der Waals surface area (Å²) < 4.78 is 5.60. The highest BCUT2D eigenvalue weighted by molar-refractivity contribution is 7.09. The predicted octanol–water partition coefficient (Wildman–Crippen LogP) is 3.29. The maximum Gasteiger partial charge on any atom is 0.190 e. The van der Waals surface area contributed by atoms with Crippen molar-refractivity contribution in [1.82, 2.24) is 20.5 Å². The molecule has 1 saturated heterocycles. The van der Waals surface area contributed by atoms with Gasteiger partial charge in [-0.3, -0.25) is 9.89 Å². The highest BCUT2D eigenvalue weighted by Gasteiger charge is 2.20. The lowest BCUT2D eigenvalue weighted by Gasteiger charge is -2.31. The number of nitrogens with one attached hydrogen (secondary N) is 2.